The van der Waals surface area contributed by atoms with E-state index in [0.717, 1.165) is 31.6 Å². The molecule has 0 aliphatic carbocycles. The molecule has 1 atom stereocenters. The van der Waals surface area contributed by atoms with Crippen molar-refractivity contribution in [1.82, 2.24) is 0 Å². The van der Waals surface area contributed by atoms with Gasteiger partial charge in [-0.25, -0.2) is 0 Å². The fourth-order valence-electron chi connectivity index (χ4n) is 2.19. The zero-order chi connectivity index (χ0) is 13.9. The van der Waals surface area contributed by atoms with Crippen molar-refractivity contribution in [3.05, 3.63) is 29.3 Å². The highest BCUT2D eigenvalue weighted by molar-refractivity contribution is 5.39. The second-order valence-electron chi connectivity index (χ2n) is 6.26. The van der Waals surface area contributed by atoms with Gasteiger partial charge in [0, 0.05) is 12.5 Å². The molecule has 1 unspecified atom stereocenters. The highest BCUT2D eigenvalue weighted by atomic mass is 16.5. The third-order valence-corrected chi connectivity index (χ3v) is 3.29. The minimum absolute atomic E-state index is 0.101. The van der Waals surface area contributed by atoms with Gasteiger partial charge in [-0.2, -0.15) is 0 Å². The van der Waals surface area contributed by atoms with Crippen molar-refractivity contribution in [2.24, 2.45) is 5.73 Å². The van der Waals surface area contributed by atoms with Gasteiger partial charge in [0.2, 0.25) is 0 Å². The average Bonchev–Trinajstić information content (AvgIpc) is 2.80. The van der Waals surface area contributed by atoms with E-state index in [-0.39, 0.29) is 11.6 Å². The lowest BCUT2D eigenvalue weighted by molar-refractivity contribution is -0.0107. The van der Waals surface area contributed by atoms with Crippen LogP contribution < -0.4 is 10.5 Å². The van der Waals surface area contributed by atoms with Gasteiger partial charge in [0.25, 0.3) is 0 Å². The summed E-state index contributed by atoms with van der Waals surface area (Å²) in [7, 11) is 0. The predicted octanol–water partition coefficient (Wildman–Crippen LogP) is 2.70. The molecule has 0 bridgehead atoms. The zero-order valence-electron chi connectivity index (χ0n) is 12.2. The van der Waals surface area contributed by atoms with Crippen LogP contribution in [-0.2, 0) is 17.6 Å². The number of aryl methyl sites for hydroxylation is 1. The molecule has 1 heterocycles. The van der Waals surface area contributed by atoms with E-state index in [9.17, 15) is 0 Å². The fraction of sp³-hybridized carbons (Fsp3) is 0.625. The Morgan fingerprint density at radius 3 is 2.89 bits per heavy atom. The second-order valence-corrected chi connectivity index (χ2v) is 6.26. The van der Waals surface area contributed by atoms with Crippen LogP contribution in [0.2, 0.25) is 0 Å². The Hall–Kier alpha value is -1.06. The molecule has 0 aromatic heterocycles. The van der Waals surface area contributed by atoms with Gasteiger partial charge in [-0.15, -0.1) is 0 Å². The van der Waals surface area contributed by atoms with Crippen molar-refractivity contribution in [3.63, 3.8) is 0 Å². The third kappa shape index (κ3) is 4.51. The first kappa shape index (κ1) is 14.4. The van der Waals surface area contributed by atoms with E-state index in [4.69, 9.17) is 15.2 Å². The van der Waals surface area contributed by atoms with Crippen molar-refractivity contribution in [1.29, 1.82) is 0 Å². The second kappa shape index (κ2) is 5.93. The Kier molecular flexibility index (Phi) is 4.48. The molecule has 0 saturated heterocycles. The van der Waals surface area contributed by atoms with E-state index in [2.05, 4.69) is 39.0 Å². The molecule has 1 aliphatic rings. The topological polar surface area (TPSA) is 44.5 Å². The first-order chi connectivity index (χ1) is 8.94. The lowest BCUT2D eigenvalue weighted by Gasteiger charge is -2.22. The van der Waals surface area contributed by atoms with Crippen molar-refractivity contribution in [2.45, 2.75) is 51.7 Å². The normalized spacial score (nSPS) is 16.0. The zero-order valence-corrected chi connectivity index (χ0v) is 12.2. The molecule has 0 spiro atoms. The van der Waals surface area contributed by atoms with Crippen LogP contribution in [-0.4, -0.2) is 24.9 Å². The number of hydrogen-bond acceptors (Lipinski definition) is 3. The number of rotatable bonds is 5. The van der Waals surface area contributed by atoms with Crippen LogP contribution in [0.4, 0.5) is 0 Å². The predicted molar refractivity (Wildman–Crippen MR) is 77.6 cm³/mol. The molecule has 0 fully saturated rings. The molecular weight excluding hydrogens is 238 g/mol. The lowest BCUT2D eigenvalue weighted by atomic mass is 10.0. The van der Waals surface area contributed by atoms with Crippen molar-refractivity contribution in [2.75, 3.05) is 13.2 Å². The molecule has 1 aromatic carbocycles. The van der Waals surface area contributed by atoms with Crippen LogP contribution in [0.5, 0.6) is 5.75 Å². The van der Waals surface area contributed by atoms with E-state index in [1.165, 1.54) is 11.1 Å². The summed E-state index contributed by atoms with van der Waals surface area (Å²) in [5.74, 6) is 1.05. The molecule has 3 heteroatoms. The minimum Gasteiger partial charge on any atom is -0.493 e. The molecule has 1 aromatic rings. The van der Waals surface area contributed by atoms with Gasteiger partial charge in [-0.3, -0.25) is 0 Å². The third-order valence-electron chi connectivity index (χ3n) is 3.29. The largest absolute Gasteiger partial charge is 0.493 e. The van der Waals surface area contributed by atoms with Crippen LogP contribution in [0.25, 0.3) is 0 Å². The van der Waals surface area contributed by atoms with Gasteiger partial charge >= 0.3 is 0 Å². The average molecular weight is 263 g/mol. The summed E-state index contributed by atoms with van der Waals surface area (Å²) in [4.78, 5) is 0. The number of nitrogens with two attached hydrogens (primary N) is 1. The molecule has 0 radical (unpaired) electrons. The monoisotopic (exact) mass is 263 g/mol. The van der Waals surface area contributed by atoms with E-state index >= 15 is 0 Å². The number of benzene rings is 1. The van der Waals surface area contributed by atoms with Gasteiger partial charge < -0.3 is 15.2 Å². The van der Waals surface area contributed by atoms with Gasteiger partial charge in [-0.1, -0.05) is 12.1 Å². The van der Waals surface area contributed by atoms with Gasteiger partial charge in [-0.05, 0) is 50.8 Å². The van der Waals surface area contributed by atoms with Crippen LogP contribution in [0.3, 0.4) is 0 Å². The fourth-order valence-corrected chi connectivity index (χ4v) is 2.19. The van der Waals surface area contributed by atoms with E-state index < -0.39 is 0 Å². The van der Waals surface area contributed by atoms with Crippen molar-refractivity contribution >= 4 is 0 Å². The number of hydrogen-bond donors (Lipinski definition) is 1. The van der Waals surface area contributed by atoms with Crippen LogP contribution >= 0.6 is 0 Å². The van der Waals surface area contributed by atoms with E-state index in [1.807, 2.05) is 0 Å². The standard InChI is InChI=1S/C16H25NO2/c1-16(2,3)19-11-14(17)6-4-12-5-7-15-13(10-12)8-9-18-15/h5,7,10,14H,4,6,8-9,11,17H2,1-3H3. The Bertz CT molecular complexity index is 423. The molecule has 1 aliphatic heterocycles. The number of fused-ring (bicyclic) bond motifs is 1. The van der Waals surface area contributed by atoms with Gasteiger partial charge in [0.05, 0.1) is 18.8 Å². The van der Waals surface area contributed by atoms with E-state index in [1.54, 1.807) is 0 Å². The molecule has 0 saturated carbocycles. The molecule has 106 valence electrons. The number of ether oxygens (including phenoxy) is 2. The van der Waals surface area contributed by atoms with Crippen molar-refractivity contribution in [3.8, 4) is 5.75 Å². The summed E-state index contributed by atoms with van der Waals surface area (Å²) >= 11 is 0. The molecule has 2 N–H and O–H groups in total. The smallest absolute Gasteiger partial charge is 0.122 e. The van der Waals surface area contributed by atoms with Crippen molar-refractivity contribution < 1.29 is 9.47 Å². The van der Waals surface area contributed by atoms with Gasteiger partial charge in [0.1, 0.15) is 5.75 Å². The summed E-state index contributed by atoms with van der Waals surface area (Å²) in [6.45, 7) is 7.61. The quantitative estimate of drug-likeness (QED) is 0.888. The summed E-state index contributed by atoms with van der Waals surface area (Å²) in [6, 6.07) is 6.57. The molecular formula is C16H25NO2. The van der Waals surface area contributed by atoms with Crippen LogP contribution in [0.15, 0.2) is 18.2 Å². The van der Waals surface area contributed by atoms with Crippen LogP contribution in [0, 0.1) is 0 Å². The SMILES string of the molecule is CC(C)(C)OCC(N)CCc1ccc2c(c1)CCO2. The van der Waals surface area contributed by atoms with E-state index in [0.29, 0.717) is 6.61 Å². The minimum atomic E-state index is -0.109. The maximum atomic E-state index is 6.09. The Morgan fingerprint density at radius 2 is 2.16 bits per heavy atom. The first-order valence-electron chi connectivity index (χ1n) is 7.08. The molecule has 19 heavy (non-hydrogen) atoms. The highest BCUT2D eigenvalue weighted by Gasteiger charge is 2.14. The maximum absolute atomic E-state index is 6.09. The first-order valence-corrected chi connectivity index (χ1v) is 7.08. The summed E-state index contributed by atoms with van der Waals surface area (Å²) < 4.78 is 11.2. The Labute approximate surface area is 116 Å². The molecule has 3 nitrogen and oxygen atoms in total. The molecule has 2 rings (SSSR count). The Balaban J connectivity index is 1.79. The maximum Gasteiger partial charge on any atom is 0.122 e. The van der Waals surface area contributed by atoms with Gasteiger partial charge in [0.15, 0.2) is 0 Å². The summed E-state index contributed by atoms with van der Waals surface area (Å²) in [5, 5.41) is 0. The molecule has 0 amide bonds. The highest BCUT2D eigenvalue weighted by Crippen LogP contribution is 2.26. The lowest BCUT2D eigenvalue weighted by Crippen LogP contribution is -2.32. The Morgan fingerprint density at radius 1 is 1.37 bits per heavy atom. The summed E-state index contributed by atoms with van der Waals surface area (Å²) in [6.07, 6.45) is 2.99. The van der Waals surface area contributed by atoms with Crippen LogP contribution in [0.1, 0.15) is 38.3 Å². The summed E-state index contributed by atoms with van der Waals surface area (Å²) in [5.41, 5.74) is 8.66.